The summed E-state index contributed by atoms with van der Waals surface area (Å²) >= 11 is 0. The van der Waals surface area contributed by atoms with Crippen LogP contribution in [0.1, 0.15) is 47.7 Å². The normalized spacial score (nSPS) is 25.1. The number of aliphatic carboxylic acids is 1. The van der Waals surface area contributed by atoms with Crippen molar-refractivity contribution in [2.24, 2.45) is 11.8 Å². The minimum absolute atomic E-state index is 0.0441. The van der Waals surface area contributed by atoms with E-state index in [4.69, 9.17) is 4.74 Å². The summed E-state index contributed by atoms with van der Waals surface area (Å²) in [4.78, 5) is 41.1. The fraction of sp³-hybridized carbons (Fsp3) is 0.406. The first kappa shape index (κ1) is 31.3. The van der Waals surface area contributed by atoms with Crippen molar-refractivity contribution < 1.29 is 52.7 Å². The molecule has 3 aliphatic rings. The number of fused-ring (bicyclic) bond motifs is 3. The number of unbranched alkanes of at least 4 members (excludes halogenated alkanes) is 1. The number of ketones is 2. The first-order valence-electron chi connectivity index (χ1n) is 14.2. The Kier molecular flexibility index (Phi) is 7.88. The third-order valence-electron chi connectivity index (χ3n) is 8.84. The Morgan fingerprint density at radius 3 is 2.32 bits per heavy atom. The topological polar surface area (TPSA) is 145 Å². The minimum atomic E-state index is -4.54. The molecule has 4 atom stereocenters. The maximum Gasteiger partial charge on any atom is 0.416 e. The highest BCUT2D eigenvalue weighted by molar-refractivity contribution is 6.23. The Bertz CT molecular complexity index is 1610. The average molecular weight is 616 g/mol. The van der Waals surface area contributed by atoms with Crippen molar-refractivity contribution in [3.05, 3.63) is 75.8 Å². The van der Waals surface area contributed by atoms with Gasteiger partial charge in [-0.3, -0.25) is 14.5 Å². The zero-order valence-corrected chi connectivity index (χ0v) is 24.2. The number of nitrogens with zero attached hydrogens (tertiary/aromatic N) is 1. The van der Waals surface area contributed by atoms with Crippen molar-refractivity contribution in [1.29, 1.82) is 0 Å². The lowest BCUT2D eigenvalue weighted by Crippen LogP contribution is -2.63. The Hall–Kier alpha value is -4.16. The molecule has 0 fully saturated rings. The zero-order valence-electron chi connectivity index (χ0n) is 24.2. The molecule has 0 heterocycles. The van der Waals surface area contributed by atoms with E-state index >= 15 is 0 Å². The lowest BCUT2D eigenvalue weighted by molar-refractivity contribution is -0.151. The summed E-state index contributed by atoms with van der Waals surface area (Å²) in [6, 6.07) is 6.49. The van der Waals surface area contributed by atoms with Gasteiger partial charge < -0.3 is 25.2 Å². The fourth-order valence-electron chi connectivity index (χ4n) is 6.76. The van der Waals surface area contributed by atoms with Crippen LogP contribution in [0, 0.1) is 11.8 Å². The third-order valence-corrected chi connectivity index (χ3v) is 8.84. The number of ether oxygens (including phenoxy) is 1. The van der Waals surface area contributed by atoms with Gasteiger partial charge in [0.05, 0.1) is 23.8 Å². The van der Waals surface area contributed by atoms with Crippen LogP contribution in [0.4, 0.5) is 13.2 Å². The van der Waals surface area contributed by atoms with Gasteiger partial charge in [0.15, 0.2) is 11.4 Å². The molecule has 9 nitrogen and oxygen atoms in total. The molecule has 0 bridgehead atoms. The average Bonchev–Trinajstić information content (AvgIpc) is 2.94. The van der Waals surface area contributed by atoms with Crippen LogP contribution < -0.4 is 4.74 Å². The highest BCUT2D eigenvalue weighted by Crippen LogP contribution is 2.53. The Morgan fingerprint density at radius 1 is 1.09 bits per heavy atom. The molecule has 0 saturated heterocycles. The van der Waals surface area contributed by atoms with Crippen molar-refractivity contribution in [2.45, 2.75) is 50.4 Å². The summed E-state index contributed by atoms with van der Waals surface area (Å²) in [5.41, 5.74) is -3.59. The number of Topliss-reactive ketones (excluding diaryl/α,β-unsaturated/α-hetero) is 2. The predicted octanol–water partition coefficient (Wildman–Crippen LogP) is 4.88. The number of allylic oxidation sites excluding steroid dienone is 1. The van der Waals surface area contributed by atoms with E-state index in [1.807, 2.05) is 6.92 Å². The number of likely N-dealkylation sites (N-methyl/N-ethyl adjacent to an activating group) is 1. The van der Waals surface area contributed by atoms with E-state index < -0.39 is 69.8 Å². The first-order valence-corrected chi connectivity index (χ1v) is 14.2. The van der Waals surface area contributed by atoms with E-state index in [-0.39, 0.29) is 36.3 Å². The van der Waals surface area contributed by atoms with Crippen LogP contribution in [0.3, 0.4) is 0 Å². The lowest BCUT2D eigenvalue weighted by Gasteiger charge is -2.50. The van der Waals surface area contributed by atoms with E-state index in [0.717, 1.165) is 18.6 Å². The summed E-state index contributed by atoms with van der Waals surface area (Å²) in [5, 5.41) is 43.9. The number of benzene rings is 2. The quantitative estimate of drug-likeness (QED) is 0.253. The number of carboxylic acid groups (broad SMARTS) is 1. The number of hydrogen-bond donors (Lipinski definition) is 4. The number of rotatable bonds is 7. The van der Waals surface area contributed by atoms with Crippen molar-refractivity contribution in [1.82, 2.24) is 4.90 Å². The van der Waals surface area contributed by atoms with Gasteiger partial charge in [0.1, 0.15) is 22.8 Å². The molecule has 4 unspecified atom stereocenters. The third kappa shape index (κ3) is 4.76. The summed E-state index contributed by atoms with van der Waals surface area (Å²) in [5.74, 6) is -7.54. The molecule has 234 valence electrons. The van der Waals surface area contributed by atoms with E-state index in [1.54, 1.807) is 6.07 Å². The number of carbonyl (C=O) groups excluding carboxylic acids is 2. The molecule has 5 rings (SSSR count). The van der Waals surface area contributed by atoms with E-state index in [2.05, 4.69) is 0 Å². The summed E-state index contributed by atoms with van der Waals surface area (Å²) in [6.07, 6.45) is -3.10. The van der Waals surface area contributed by atoms with Crippen LogP contribution in [-0.2, 0) is 22.2 Å². The van der Waals surface area contributed by atoms with Crippen molar-refractivity contribution >= 4 is 17.5 Å². The highest BCUT2D eigenvalue weighted by atomic mass is 19.4. The maximum absolute atomic E-state index is 14.2. The lowest BCUT2D eigenvalue weighted by atomic mass is 9.58. The number of aliphatic hydroxyl groups excluding tert-OH is 2. The van der Waals surface area contributed by atoms with Gasteiger partial charge in [0, 0.05) is 11.5 Å². The molecule has 4 N–H and O–H groups in total. The Balaban J connectivity index is 1.70. The fourth-order valence-corrected chi connectivity index (χ4v) is 6.76. The van der Waals surface area contributed by atoms with Crippen LogP contribution >= 0.6 is 0 Å². The molecule has 2 aromatic rings. The number of alkyl halides is 3. The number of carbonyl (C=O) groups is 3. The van der Waals surface area contributed by atoms with Crippen LogP contribution in [0.2, 0.25) is 0 Å². The molecule has 0 radical (unpaired) electrons. The van der Waals surface area contributed by atoms with Crippen molar-refractivity contribution in [3.63, 3.8) is 0 Å². The number of carboxylic acids is 1. The van der Waals surface area contributed by atoms with Crippen molar-refractivity contribution in [3.8, 4) is 16.9 Å². The van der Waals surface area contributed by atoms with E-state index in [0.29, 0.717) is 23.1 Å². The highest BCUT2D eigenvalue weighted by Gasteiger charge is 2.63. The largest absolute Gasteiger partial charge is 0.510 e. The van der Waals surface area contributed by atoms with Gasteiger partial charge in [-0.15, -0.1) is 0 Å². The Morgan fingerprint density at radius 2 is 1.75 bits per heavy atom. The van der Waals surface area contributed by atoms with Gasteiger partial charge in [-0.05, 0) is 74.2 Å². The second kappa shape index (κ2) is 11.1. The van der Waals surface area contributed by atoms with Gasteiger partial charge in [-0.1, -0.05) is 31.5 Å². The molecule has 0 spiro atoms. The molecule has 3 aliphatic carbocycles. The minimum Gasteiger partial charge on any atom is -0.510 e. The standard InChI is InChI=1S/C32H32F3NO8/c1-4-5-12-44-21-11-10-18(15-6-8-17(9-7-15)32(33,34)35)19-13-16-14-20-25(36(2)3)27(38)24(30(41)42)29(40)31(20,43)28(39)22(16)26(37)23(19)21/h6-11,16,20,25,38-39,43H,4-5,12-14H2,1-3H3,(H,41,42). The second-order valence-corrected chi connectivity index (χ2v) is 11.6. The van der Waals surface area contributed by atoms with Crippen molar-refractivity contribution in [2.75, 3.05) is 20.7 Å². The summed E-state index contributed by atoms with van der Waals surface area (Å²) < 4.78 is 45.7. The SMILES string of the molecule is CCCCOc1ccc(-c2ccc(C(F)(F)F)cc2)c2c1C(=O)C1=C(O)C3(O)C(=O)C(C(=O)O)=C(O)C(N(C)C)C3CC1C2. The molecule has 12 heteroatoms. The summed E-state index contributed by atoms with van der Waals surface area (Å²) in [6.45, 7) is 2.20. The first-order chi connectivity index (χ1) is 20.6. The van der Waals surface area contributed by atoms with Gasteiger partial charge in [0.25, 0.3) is 0 Å². The molecular weight excluding hydrogens is 583 g/mol. The van der Waals surface area contributed by atoms with Gasteiger partial charge in [-0.2, -0.15) is 13.2 Å². The number of halogens is 3. The monoisotopic (exact) mass is 615 g/mol. The molecule has 2 aromatic carbocycles. The van der Waals surface area contributed by atoms with Crippen LogP contribution in [0.5, 0.6) is 5.75 Å². The molecular formula is C32H32F3NO8. The molecule has 0 aliphatic heterocycles. The zero-order chi connectivity index (χ0) is 32.3. The van der Waals surface area contributed by atoms with Gasteiger partial charge in [-0.25, -0.2) is 4.79 Å². The second-order valence-electron chi connectivity index (χ2n) is 11.6. The van der Waals surface area contributed by atoms with Crippen LogP contribution in [0.25, 0.3) is 11.1 Å². The van der Waals surface area contributed by atoms with Crippen LogP contribution in [0.15, 0.2) is 59.1 Å². The number of hydrogen-bond acceptors (Lipinski definition) is 8. The van der Waals surface area contributed by atoms with Gasteiger partial charge >= 0.3 is 12.1 Å². The van der Waals surface area contributed by atoms with Crippen LogP contribution in [-0.4, -0.2) is 75.2 Å². The molecule has 0 amide bonds. The van der Waals surface area contributed by atoms with E-state index in [9.17, 15) is 48.0 Å². The van der Waals surface area contributed by atoms with Gasteiger partial charge in [0.2, 0.25) is 5.78 Å². The van der Waals surface area contributed by atoms with E-state index in [1.165, 1.54) is 37.2 Å². The maximum atomic E-state index is 14.2. The smallest absolute Gasteiger partial charge is 0.416 e. The Labute approximate surface area is 250 Å². The number of aliphatic hydroxyl groups is 3. The molecule has 44 heavy (non-hydrogen) atoms. The molecule has 0 saturated carbocycles. The summed E-state index contributed by atoms with van der Waals surface area (Å²) in [7, 11) is 3.02. The molecule has 0 aromatic heterocycles. The predicted molar refractivity (Wildman–Crippen MR) is 151 cm³/mol.